The lowest BCUT2D eigenvalue weighted by Crippen LogP contribution is -2.42. The minimum atomic E-state index is -3.90. The summed E-state index contributed by atoms with van der Waals surface area (Å²) < 4.78 is 32.1. The van der Waals surface area contributed by atoms with Gasteiger partial charge in [0.05, 0.1) is 15.6 Å². The average Bonchev–Trinajstić information content (AvgIpc) is 3.20. The van der Waals surface area contributed by atoms with Crippen LogP contribution in [0.15, 0.2) is 41.3 Å². The van der Waals surface area contributed by atoms with Gasteiger partial charge in [0.1, 0.15) is 6.04 Å². The van der Waals surface area contributed by atoms with E-state index in [1.807, 2.05) is 13.0 Å². The topological polar surface area (TPSA) is 92.8 Å². The van der Waals surface area contributed by atoms with Crippen LogP contribution in [0, 0.1) is 13.8 Å². The van der Waals surface area contributed by atoms with Gasteiger partial charge in [0.25, 0.3) is 5.91 Å². The molecule has 0 saturated carbocycles. The van der Waals surface area contributed by atoms with Crippen molar-refractivity contribution in [3.63, 3.8) is 0 Å². The summed E-state index contributed by atoms with van der Waals surface area (Å²) in [4.78, 5) is 24.9. The molecule has 1 aliphatic rings. The maximum atomic E-state index is 12.9. The van der Waals surface area contributed by atoms with Crippen molar-refractivity contribution in [1.82, 2.24) is 4.31 Å². The van der Waals surface area contributed by atoms with Crippen LogP contribution in [-0.4, -0.2) is 43.8 Å². The van der Waals surface area contributed by atoms with Gasteiger partial charge in [-0.25, -0.2) is 8.42 Å². The normalized spacial score (nSPS) is 16.8. The summed E-state index contributed by atoms with van der Waals surface area (Å²) in [6.07, 6.45) is 0.827. The van der Waals surface area contributed by atoms with E-state index in [0.717, 1.165) is 15.4 Å². The number of carbonyl (C=O) groups is 2. The van der Waals surface area contributed by atoms with Crippen LogP contribution < -0.4 is 5.32 Å². The highest BCUT2D eigenvalue weighted by Gasteiger charge is 2.40. The van der Waals surface area contributed by atoms with Crippen LogP contribution in [0.5, 0.6) is 0 Å². The van der Waals surface area contributed by atoms with Gasteiger partial charge in [-0.3, -0.25) is 9.59 Å². The summed E-state index contributed by atoms with van der Waals surface area (Å²) >= 11 is 12.0. The molecule has 0 bridgehead atoms. The second kappa shape index (κ2) is 9.56. The Labute approximate surface area is 191 Å². The molecule has 10 heteroatoms. The first-order chi connectivity index (χ1) is 14.6. The molecule has 1 atom stereocenters. The lowest BCUT2D eigenvalue weighted by atomic mass is 10.1. The summed E-state index contributed by atoms with van der Waals surface area (Å²) in [7, 11) is -3.90. The molecule has 7 nitrogen and oxygen atoms in total. The number of esters is 1. The largest absolute Gasteiger partial charge is 0.454 e. The number of rotatable bonds is 6. The number of hydrogen-bond acceptors (Lipinski definition) is 5. The van der Waals surface area contributed by atoms with Crippen molar-refractivity contribution in [2.75, 3.05) is 18.5 Å². The van der Waals surface area contributed by atoms with Gasteiger partial charge in [-0.15, -0.1) is 0 Å². The number of sulfonamides is 1. The molecule has 0 aliphatic carbocycles. The van der Waals surface area contributed by atoms with Crippen LogP contribution in [0.3, 0.4) is 0 Å². The molecule has 3 rings (SSSR count). The molecular weight excluding hydrogens is 463 g/mol. The standard InChI is InChI=1S/C21H22Cl2N2O5S/c1-13-10-14(2)20(17(23)11-13)24-19(26)12-30-21(27)18-4-3-9-25(18)31(28,29)16-7-5-15(22)6-8-16/h5-8,10-11,18H,3-4,9,12H2,1-2H3,(H,24,26). The molecule has 1 amide bonds. The first-order valence-corrected chi connectivity index (χ1v) is 11.8. The predicted octanol–water partition coefficient (Wildman–Crippen LogP) is 3.95. The number of halogens is 2. The van der Waals surface area contributed by atoms with Crippen LogP contribution >= 0.6 is 23.2 Å². The number of amides is 1. The van der Waals surface area contributed by atoms with Crippen molar-refractivity contribution in [2.45, 2.75) is 37.6 Å². The zero-order valence-corrected chi connectivity index (χ0v) is 19.4. The lowest BCUT2D eigenvalue weighted by molar-refractivity contribution is -0.150. The van der Waals surface area contributed by atoms with Crippen molar-refractivity contribution in [3.8, 4) is 0 Å². The molecule has 1 heterocycles. The van der Waals surface area contributed by atoms with Crippen molar-refractivity contribution in [2.24, 2.45) is 0 Å². The highest BCUT2D eigenvalue weighted by molar-refractivity contribution is 7.89. The molecule has 2 aromatic carbocycles. The zero-order valence-electron chi connectivity index (χ0n) is 17.0. The van der Waals surface area contributed by atoms with Gasteiger partial charge in [0.2, 0.25) is 10.0 Å². The molecule has 166 valence electrons. The van der Waals surface area contributed by atoms with E-state index in [1.165, 1.54) is 24.3 Å². The molecule has 1 saturated heterocycles. The van der Waals surface area contributed by atoms with Crippen LogP contribution in [0.2, 0.25) is 10.0 Å². The van der Waals surface area contributed by atoms with Crippen LogP contribution in [-0.2, 0) is 24.3 Å². The smallest absolute Gasteiger partial charge is 0.324 e. The lowest BCUT2D eigenvalue weighted by Gasteiger charge is -2.22. The summed E-state index contributed by atoms with van der Waals surface area (Å²) in [5, 5.41) is 3.42. The van der Waals surface area contributed by atoms with Crippen molar-refractivity contribution >= 4 is 50.8 Å². The number of hydrogen-bond donors (Lipinski definition) is 1. The fourth-order valence-electron chi connectivity index (χ4n) is 3.49. The van der Waals surface area contributed by atoms with E-state index in [9.17, 15) is 18.0 Å². The number of aryl methyl sites for hydroxylation is 2. The Kier molecular flexibility index (Phi) is 7.26. The number of nitrogens with one attached hydrogen (secondary N) is 1. The van der Waals surface area contributed by atoms with Crippen LogP contribution in [0.25, 0.3) is 0 Å². The second-order valence-corrected chi connectivity index (χ2v) is 10.1. The highest BCUT2D eigenvalue weighted by Crippen LogP contribution is 2.29. The number of anilines is 1. The molecule has 0 aromatic heterocycles. The van der Waals surface area contributed by atoms with Gasteiger partial charge in [-0.1, -0.05) is 29.3 Å². The third kappa shape index (κ3) is 5.38. The fourth-order valence-corrected chi connectivity index (χ4v) is 5.63. The van der Waals surface area contributed by atoms with Crippen molar-refractivity contribution in [1.29, 1.82) is 0 Å². The first-order valence-electron chi connectivity index (χ1n) is 9.60. The number of benzene rings is 2. The monoisotopic (exact) mass is 484 g/mol. The number of nitrogens with zero attached hydrogens (tertiary/aromatic N) is 1. The molecule has 1 fully saturated rings. The maximum absolute atomic E-state index is 12.9. The van der Waals surface area contributed by atoms with E-state index >= 15 is 0 Å². The number of carbonyl (C=O) groups excluding carboxylic acids is 2. The number of ether oxygens (including phenoxy) is 1. The summed E-state index contributed by atoms with van der Waals surface area (Å²) in [6, 6.07) is 8.32. The summed E-state index contributed by atoms with van der Waals surface area (Å²) in [5.74, 6) is -1.33. The van der Waals surface area contributed by atoms with Gasteiger partial charge in [-0.2, -0.15) is 4.31 Å². The fraction of sp³-hybridized carbons (Fsp3) is 0.333. The van der Waals surface area contributed by atoms with E-state index in [4.69, 9.17) is 27.9 Å². The Morgan fingerprint density at radius 2 is 1.84 bits per heavy atom. The van der Waals surface area contributed by atoms with E-state index in [-0.39, 0.29) is 11.4 Å². The highest BCUT2D eigenvalue weighted by atomic mass is 35.5. The zero-order chi connectivity index (χ0) is 22.8. The van der Waals surface area contributed by atoms with Gasteiger partial charge < -0.3 is 10.1 Å². The van der Waals surface area contributed by atoms with E-state index in [1.54, 1.807) is 13.0 Å². The second-order valence-electron chi connectivity index (χ2n) is 7.32. The van der Waals surface area contributed by atoms with Crippen molar-refractivity contribution in [3.05, 3.63) is 57.6 Å². The predicted molar refractivity (Wildman–Crippen MR) is 119 cm³/mol. The van der Waals surface area contributed by atoms with Gasteiger partial charge in [0.15, 0.2) is 6.61 Å². The van der Waals surface area contributed by atoms with Gasteiger partial charge >= 0.3 is 5.97 Å². The Bertz CT molecular complexity index is 1080. The third-order valence-electron chi connectivity index (χ3n) is 4.94. The van der Waals surface area contributed by atoms with Gasteiger partial charge in [0, 0.05) is 11.6 Å². The molecule has 0 spiro atoms. The Hall–Kier alpha value is -2.13. The molecule has 0 radical (unpaired) electrons. The summed E-state index contributed by atoms with van der Waals surface area (Å²) in [6.45, 7) is 3.33. The maximum Gasteiger partial charge on any atom is 0.324 e. The minimum absolute atomic E-state index is 0.0406. The van der Waals surface area contributed by atoms with Crippen LogP contribution in [0.4, 0.5) is 5.69 Å². The molecule has 1 unspecified atom stereocenters. The minimum Gasteiger partial charge on any atom is -0.454 e. The Balaban J connectivity index is 1.65. The third-order valence-corrected chi connectivity index (χ3v) is 7.41. The van der Waals surface area contributed by atoms with E-state index < -0.39 is 34.5 Å². The molecular formula is C21H22Cl2N2O5S. The SMILES string of the molecule is Cc1cc(C)c(NC(=O)COC(=O)C2CCCN2S(=O)(=O)c2ccc(Cl)cc2)c(Cl)c1. The molecule has 1 aliphatic heterocycles. The van der Waals surface area contributed by atoms with E-state index in [0.29, 0.717) is 28.6 Å². The summed E-state index contributed by atoms with van der Waals surface area (Å²) in [5.41, 5.74) is 2.18. The molecule has 2 aromatic rings. The molecule has 31 heavy (non-hydrogen) atoms. The Morgan fingerprint density at radius 3 is 2.48 bits per heavy atom. The van der Waals surface area contributed by atoms with E-state index in [2.05, 4.69) is 5.32 Å². The van der Waals surface area contributed by atoms with Crippen LogP contribution in [0.1, 0.15) is 24.0 Å². The Morgan fingerprint density at radius 1 is 1.16 bits per heavy atom. The quantitative estimate of drug-likeness (QED) is 0.626. The average molecular weight is 485 g/mol. The van der Waals surface area contributed by atoms with Crippen molar-refractivity contribution < 1.29 is 22.7 Å². The molecule has 1 N–H and O–H groups in total. The first kappa shape index (κ1) is 23.5. The van der Waals surface area contributed by atoms with Gasteiger partial charge in [-0.05, 0) is 68.1 Å².